The Kier molecular flexibility index (Phi) is 3.54. The summed E-state index contributed by atoms with van der Waals surface area (Å²) >= 11 is 0. The molecule has 29 heavy (non-hydrogen) atoms. The van der Waals surface area contributed by atoms with Gasteiger partial charge in [0.2, 0.25) is 11.7 Å². The van der Waals surface area contributed by atoms with E-state index < -0.39 is 23.1 Å². The lowest BCUT2D eigenvalue weighted by Gasteiger charge is -2.33. The molecule has 2 aliphatic rings. The maximum atomic E-state index is 13.3. The monoisotopic (exact) mass is 393 g/mol. The number of rotatable bonds is 2. The predicted octanol–water partition coefficient (Wildman–Crippen LogP) is 0.319. The van der Waals surface area contributed by atoms with Crippen LogP contribution in [0.2, 0.25) is 0 Å². The number of anilines is 1. The normalized spacial score (nSPS) is 22.9. The summed E-state index contributed by atoms with van der Waals surface area (Å²) in [5.74, 6) is -0.613. The Morgan fingerprint density at radius 2 is 2.03 bits per heavy atom. The molecule has 3 aromatic rings. The Morgan fingerprint density at radius 3 is 2.72 bits per heavy atom. The van der Waals surface area contributed by atoms with Crippen molar-refractivity contribution in [3.63, 3.8) is 0 Å². The number of carbonyl (C=O) groups excluding carboxylic acids is 2. The fourth-order valence-electron chi connectivity index (χ4n) is 4.59. The molecule has 0 aliphatic carbocycles. The number of fused-ring (bicyclic) bond motifs is 2. The van der Waals surface area contributed by atoms with Gasteiger partial charge in [-0.25, -0.2) is 9.48 Å². The first-order chi connectivity index (χ1) is 13.9. The van der Waals surface area contributed by atoms with Crippen molar-refractivity contribution in [3.05, 3.63) is 64.1 Å². The minimum atomic E-state index is -0.926. The molecule has 5 rings (SSSR count). The van der Waals surface area contributed by atoms with Crippen LogP contribution in [0, 0.1) is 0 Å². The van der Waals surface area contributed by atoms with Crippen LogP contribution in [0.1, 0.15) is 34.2 Å². The quantitative estimate of drug-likeness (QED) is 0.650. The van der Waals surface area contributed by atoms with Gasteiger partial charge >= 0.3 is 5.69 Å². The number of benzene rings is 1. The van der Waals surface area contributed by atoms with E-state index in [1.165, 1.54) is 7.05 Å². The number of nitrogens with zero attached hydrogens (tertiary/aromatic N) is 5. The van der Waals surface area contributed by atoms with E-state index in [0.29, 0.717) is 13.0 Å². The third-order valence-electron chi connectivity index (χ3n) is 5.86. The van der Waals surface area contributed by atoms with Crippen molar-refractivity contribution in [1.29, 1.82) is 0 Å². The second kappa shape index (κ2) is 5.90. The average molecular weight is 393 g/mol. The molecule has 1 spiro atoms. The minimum absolute atomic E-state index is 0.0462. The molecule has 2 aromatic heterocycles. The molecule has 10 nitrogen and oxygen atoms in total. The highest BCUT2D eigenvalue weighted by Crippen LogP contribution is 2.54. The number of aromatic amines is 1. The van der Waals surface area contributed by atoms with Gasteiger partial charge in [-0.05, 0) is 18.1 Å². The number of aryl methyl sites for hydroxylation is 2. The van der Waals surface area contributed by atoms with Crippen molar-refractivity contribution < 1.29 is 9.59 Å². The van der Waals surface area contributed by atoms with Crippen LogP contribution in [-0.4, -0.2) is 47.8 Å². The Hall–Kier alpha value is -3.69. The molecule has 10 heteroatoms. The molecule has 1 aromatic carbocycles. The first-order valence-electron chi connectivity index (χ1n) is 9.25. The molecule has 1 fully saturated rings. The fourth-order valence-corrected chi connectivity index (χ4v) is 4.59. The topological polar surface area (TPSA) is 118 Å². The summed E-state index contributed by atoms with van der Waals surface area (Å²) < 4.78 is 2.72. The third kappa shape index (κ3) is 2.31. The highest BCUT2D eigenvalue weighted by Gasteiger charge is 2.59. The van der Waals surface area contributed by atoms with E-state index in [1.807, 2.05) is 30.5 Å². The van der Waals surface area contributed by atoms with Crippen molar-refractivity contribution in [1.82, 2.24) is 29.4 Å². The first-order valence-corrected chi connectivity index (χ1v) is 9.25. The van der Waals surface area contributed by atoms with Gasteiger partial charge in [0.15, 0.2) is 0 Å². The lowest BCUT2D eigenvalue weighted by molar-refractivity contribution is -0.121. The highest BCUT2D eigenvalue weighted by atomic mass is 16.2. The van der Waals surface area contributed by atoms with Gasteiger partial charge in [0.25, 0.3) is 5.91 Å². The highest BCUT2D eigenvalue weighted by molar-refractivity contribution is 6.08. The maximum Gasteiger partial charge on any atom is 0.343 e. The van der Waals surface area contributed by atoms with Crippen LogP contribution in [0.15, 0.2) is 41.5 Å². The zero-order chi connectivity index (χ0) is 20.3. The second-order valence-corrected chi connectivity index (χ2v) is 7.47. The standard InChI is InChI=1S/C19H19N7O3/c1-24-10-11(9-20-24)14-19(12-5-3-4-6-13(12)21-17(19)28)7-8-26(14)16(27)15-22-18(29)25(2)23-15/h3-6,9-10,14H,7-8H2,1-2H3,(H,21,28)(H,22,23,29)/t14-,19+/m0/s1. The molecule has 148 valence electrons. The van der Waals surface area contributed by atoms with Gasteiger partial charge in [-0.3, -0.25) is 19.3 Å². The molecule has 4 heterocycles. The Balaban J connectivity index is 1.67. The molecular weight excluding hydrogens is 374 g/mol. The largest absolute Gasteiger partial charge is 0.343 e. The molecule has 0 unspecified atom stereocenters. The lowest BCUT2D eigenvalue weighted by atomic mass is 9.73. The second-order valence-electron chi connectivity index (χ2n) is 7.47. The van der Waals surface area contributed by atoms with Gasteiger partial charge in [0.1, 0.15) is 5.41 Å². The zero-order valence-corrected chi connectivity index (χ0v) is 15.9. The van der Waals surface area contributed by atoms with Crippen LogP contribution in [0.3, 0.4) is 0 Å². The molecule has 2 N–H and O–H groups in total. The fraction of sp³-hybridized carbons (Fsp3) is 0.316. The summed E-state index contributed by atoms with van der Waals surface area (Å²) in [6.07, 6.45) is 3.94. The van der Waals surface area contributed by atoms with Crippen LogP contribution in [0.25, 0.3) is 0 Å². The molecule has 2 amide bonds. The van der Waals surface area contributed by atoms with Crippen molar-refractivity contribution in [2.45, 2.75) is 17.9 Å². The van der Waals surface area contributed by atoms with E-state index in [4.69, 9.17) is 0 Å². The number of para-hydroxylation sites is 1. The van der Waals surface area contributed by atoms with E-state index in [2.05, 4.69) is 20.5 Å². The molecular formula is C19H19N7O3. The molecule has 2 aliphatic heterocycles. The van der Waals surface area contributed by atoms with E-state index >= 15 is 0 Å². The predicted molar refractivity (Wildman–Crippen MR) is 102 cm³/mol. The van der Waals surface area contributed by atoms with Crippen molar-refractivity contribution in [2.75, 3.05) is 11.9 Å². The van der Waals surface area contributed by atoms with Crippen LogP contribution in [0.4, 0.5) is 5.69 Å². The molecule has 0 radical (unpaired) electrons. The number of likely N-dealkylation sites (tertiary alicyclic amines) is 1. The maximum absolute atomic E-state index is 13.3. The summed E-state index contributed by atoms with van der Waals surface area (Å²) in [7, 11) is 3.26. The first kappa shape index (κ1) is 17.4. The summed E-state index contributed by atoms with van der Waals surface area (Å²) in [6.45, 7) is 0.346. The summed E-state index contributed by atoms with van der Waals surface area (Å²) in [5.41, 5.74) is 0.980. The molecule has 1 saturated heterocycles. The SMILES string of the molecule is Cn1cc([C@@H]2N(C(=O)c3nn(C)c(=O)[nH]3)CC[C@]23C(=O)Nc2ccccc23)cn1. The van der Waals surface area contributed by atoms with Gasteiger partial charge < -0.3 is 10.2 Å². The van der Waals surface area contributed by atoms with Gasteiger partial charge in [-0.2, -0.15) is 5.10 Å². The number of hydrogen-bond donors (Lipinski definition) is 2. The Labute approximate surface area is 165 Å². The number of aromatic nitrogens is 5. The number of carbonyl (C=O) groups is 2. The molecule has 2 atom stereocenters. The number of H-pyrrole nitrogens is 1. The van der Waals surface area contributed by atoms with Gasteiger partial charge in [0.05, 0.1) is 12.2 Å². The van der Waals surface area contributed by atoms with E-state index in [1.54, 1.807) is 22.8 Å². The summed E-state index contributed by atoms with van der Waals surface area (Å²) in [5, 5.41) is 11.2. The Bertz CT molecular complexity index is 1210. The third-order valence-corrected chi connectivity index (χ3v) is 5.86. The van der Waals surface area contributed by atoms with Crippen LogP contribution in [0.5, 0.6) is 0 Å². The van der Waals surface area contributed by atoms with Crippen LogP contribution < -0.4 is 11.0 Å². The van der Waals surface area contributed by atoms with Crippen LogP contribution in [-0.2, 0) is 24.3 Å². The molecule has 0 bridgehead atoms. The lowest BCUT2D eigenvalue weighted by Crippen LogP contribution is -2.42. The summed E-state index contributed by atoms with van der Waals surface area (Å²) in [6, 6.07) is 6.98. The van der Waals surface area contributed by atoms with Gasteiger partial charge in [0, 0.05) is 38.1 Å². The zero-order valence-electron chi connectivity index (χ0n) is 15.9. The average Bonchev–Trinajstić information content (AvgIpc) is 3.44. The van der Waals surface area contributed by atoms with E-state index in [-0.39, 0.29) is 11.7 Å². The number of amides is 2. The van der Waals surface area contributed by atoms with Crippen molar-refractivity contribution in [3.8, 4) is 0 Å². The van der Waals surface area contributed by atoms with E-state index in [0.717, 1.165) is 21.5 Å². The minimum Gasteiger partial charge on any atom is -0.327 e. The smallest absolute Gasteiger partial charge is 0.327 e. The molecule has 0 saturated carbocycles. The number of nitrogens with one attached hydrogen (secondary N) is 2. The van der Waals surface area contributed by atoms with Crippen LogP contribution >= 0.6 is 0 Å². The van der Waals surface area contributed by atoms with Gasteiger partial charge in [-0.15, -0.1) is 5.10 Å². The van der Waals surface area contributed by atoms with Crippen molar-refractivity contribution >= 4 is 17.5 Å². The summed E-state index contributed by atoms with van der Waals surface area (Å²) in [4.78, 5) is 42.4. The van der Waals surface area contributed by atoms with Crippen molar-refractivity contribution in [2.24, 2.45) is 14.1 Å². The van der Waals surface area contributed by atoms with E-state index in [9.17, 15) is 14.4 Å². The van der Waals surface area contributed by atoms with Gasteiger partial charge in [-0.1, -0.05) is 18.2 Å². The number of hydrogen-bond acceptors (Lipinski definition) is 5. The Morgan fingerprint density at radius 1 is 1.24 bits per heavy atom.